The molecule has 1 aliphatic carbocycles. The van der Waals surface area contributed by atoms with Gasteiger partial charge in [0.1, 0.15) is 6.10 Å². The molecule has 2 heteroatoms. The Labute approximate surface area is 154 Å². The number of esters is 1. The lowest BCUT2D eigenvalue weighted by molar-refractivity contribution is -0.161. The Bertz CT molecular complexity index is 522. The predicted molar refractivity (Wildman–Crippen MR) is 104 cm³/mol. The first kappa shape index (κ1) is 20.0. The molecule has 0 radical (unpaired) electrons. The van der Waals surface area contributed by atoms with Crippen LogP contribution in [0.2, 0.25) is 0 Å². The standard InChI is InChI=1S/C23H36O2/c1-16(2)21-12-11-17(3)15-22(21)25-23(24)19(5)13-18(4)14-20-9-7-6-8-10-20/h6-10,16-19,21-22H,11-15H2,1-5H3/t17-,18-,19+,21+,22-/m1/s1. The van der Waals surface area contributed by atoms with Gasteiger partial charge in [-0.05, 0) is 54.9 Å². The zero-order valence-electron chi connectivity index (χ0n) is 16.7. The van der Waals surface area contributed by atoms with Crippen LogP contribution in [0.5, 0.6) is 0 Å². The van der Waals surface area contributed by atoms with E-state index in [0.717, 1.165) is 19.3 Å². The molecule has 140 valence electrons. The Morgan fingerprint density at radius 1 is 1.12 bits per heavy atom. The summed E-state index contributed by atoms with van der Waals surface area (Å²) in [4.78, 5) is 12.7. The third-order valence-electron chi connectivity index (χ3n) is 5.81. The van der Waals surface area contributed by atoms with Crippen LogP contribution in [0.4, 0.5) is 0 Å². The van der Waals surface area contributed by atoms with E-state index in [4.69, 9.17) is 4.74 Å². The Kier molecular flexibility index (Phi) is 7.53. The second kappa shape index (κ2) is 9.40. The van der Waals surface area contributed by atoms with Crippen LogP contribution in [0.25, 0.3) is 0 Å². The predicted octanol–water partition coefficient (Wildman–Crippen LogP) is 5.90. The second-order valence-corrected chi connectivity index (χ2v) is 8.73. The summed E-state index contributed by atoms with van der Waals surface area (Å²) in [6, 6.07) is 10.5. The number of carbonyl (C=O) groups is 1. The first-order chi connectivity index (χ1) is 11.9. The van der Waals surface area contributed by atoms with Gasteiger partial charge in [-0.2, -0.15) is 0 Å². The molecule has 1 aliphatic rings. The lowest BCUT2D eigenvalue weighted by atomic mass is 9.75. The third kappa shape index (κ3) is 6.17. The largest absolute Gasteiger partial charge is 0.462 e. The van der Waals surface area contributed by atoms with Crippen molar-refractivity contribution in [1.29, 1.82) is 0 Å². The molecular weight excluding hydrogens is 308 g/mol. The molecule has 0 heterocycles. The summed E-state index contributed by atoms with van der Waals surface area (Å²) in [6.45, 7) is 11.1. The summed E-state index contributed by atoms with van der Waals surface area (Å²) < 4.78 is 6.01. The van der Waals surface area contributed by atoms with Crippen LogP contribution in [-0.4, -0.2) is 12.1 Å². The molecule has 5 atom stereocenters. The summed E-state index contributed by atoms with van der Waals surface area (Å²) in [5, 5.41) is 0. The van der Waals surface area contributed by atoms with E-state index in [1.54, 1.807) is 0 Å². The molecule has 1 aromatic carbocycles. The highest BCUT2D eigenvalue weighted by Gasteiger charge is 2.34. The fourth-order valence-electron chi connectivity index (χ4n) is 4.32. The van der Waals surface area contributed by atoms with Gasteiger partial charge in [0.2, 0.25) is 0 Å². The maximum Gasteiger partial charge on any atom is 0.308 e. The minimum atomic E-state index is -0.0243. The van der Waals surface area contributed by atoms with E-state index in [1.165, 1.54) is 18.4 Å². The Hall–Kier alpha value is -1.31. The summed E-state index contributed by atoms with van der Waals surface area (Å²) in [5.74, 6) is 2.23. The Morgan fingerprint density at radius 2 is 1.80 bits per heavy atom. The smallest absolute Gasteiger partial charge is 0.308 e. The number of benzene rings is 1. The molecule has 2 rings (SSSR count). The highest BCUT2D eigenvalue weighted by atomic mass is 16.5. The van der Waals surface area contributed by atoms with Gasteiger partial charge in [-0.25, -0.2) is 0 Å². The van der Waals surface area contributed by atoms with Gasteiger partial charge in [0.05, 0.1) is 5.92 Å². The summed E-state index contributed by atoms with van der Waals surface area (Å²) in [5.41, 5.74) is 1.34. The van der Waals surface area contributed by atoms with Crippen LogP contribution in [-0.2, 0) is 16.0 Å². The van der Waals surface area contributed by atoms with Gasteiger partial charge in [-0.15, -0.1) is 0 Å². The zero-order chi connectivity index (χ0) is 18.4. The summed E-state index contributed by atoms with van der Waals surface area (Å²) in [7, 11) is 0. The highest BCUT2D eigenvalue weighted by molar-refractivity contribution is 5.72. The number of hydrogen-bond acceptors (Lipinski definition) is 2. The monoisotopic (exact) mass is 344 g/mol. The third-order valence-corrected chi connectivity index (χ3v) is 5.81. The molecular formula is C23H36O2. The first-order valence-electron chi connectivity index (χ1n) is 10.1. The molecule has 0 spiro atoms. The van der Waals surface area contributed by atoms with Crippen molar-refractivity contribution in [3.8, 4) is 0 Å². The van der Waals surface area contributed by atoms with Crippen molar-refractivity contribution in [2.24, 2.45) is 29.6 Å². The molecule has 1 fully saturated rings. The average Bonchev–Trinajstić information content (AvgIpc) is 2.55. The van der Waals surface area contributed by atoms with Crippen LogP contribution in [0.1, 0.15) is 65.9 Å². The van der Waals surface area contributed by atoms with E-state index in [2.05, 4.69) is 52.0 Å². The van der Waals surface area contributed by atoms with E-state index in [9.17, 15) is 4.79 Å². The SMILES string of the molecule is CC(C)[C@@H]1CC[C@@H](C)C[C@H]1OC(=O)[C@@H](C)C[C@@H](C)Cc1ccccc1. The first-order valence-corrected chi connectivity index (χ1v) is 10.1. The normalized spacial score (nSPS) is 26.2. The van der Waals surface area contributed by atoms with Gasteiger partial charge in [0, 0.05) is 0 Å². The highest BCUT2D eigenvalue weighted by Crippen LogP contribution is 2.36. The van der Waals surface area contributed by atoms with Crippen LogP contribution in [0.15, 0.2) is 30.3 Å². The summed E-state index contributed by atoms with van der Waals surface area (Å²) in [6.07, 6.45) is 5.51. The maximum atomic E-state index is 12.7. The van der Waals surface area contributed by atoms with Crippen molar-refractivity contribution in [1.82, 2.24) is 0 Å². The number of hydrogen-bond donors (Lipinski definition) is 0. The van der Waals surface area contributed by atoms with Crippen LogP contribution in [0.3, 0.4) is 0 Å². The molecule has 25 heavy (non-hydrogen) atoms. The van der Waals surface area contributed by atoms with Crippen LogP contribution in [0, 0.1) is 29.6 Å². The molecule has 0 amide bonds. The lowest BCUT2D eigenvalue weighted by Gasteiger charge is -2.37. The van der Waals surface area contributed by atoms with E-state index < -0.39 is 0 Å². The molecule has 0 saturated heterocycles. The quantitative estimate of drug-likeness (QED) is 0.576. The van der Waals surface area contributed by atoms with E-state index in [-0.39, 0.29) is 18.0 Å². The van der Waals surface area contributed by atoms with Gasteiger partial charge in [0.15, 0.2) is 0 Å². The van der Waals surface area contributed by atoms with Gasteiger partial charge in [0.25, 0.3) is 0 Å². The minimum absolute atomic E-state index is 0.00432. The van der Waals surface area contributed by atoms with Gasteiger partial charge >= 0.3 is 5.97 Å². The molecule has 2 nitrogen and oxygen atoms in total. The molecule has 0 aliphatic heterocycles. The van der Waals surface area contributed by atoms with Crippen molar-refractivity contribution >= 4 is 5.97 Å². The van der Waals surface area contributed by atoms with Crippen molar-refractivity contribution in [2.45, 2.75) is 72.8 Å². The summed E-state index contributed by atoms with van der Waals surface area (Å²) >= 11 is 0. The molecule has 1 saturated carbocycles. The topological polar surface area (TPSA) is 26.3 Å². The number of carbonyl (C=O) groups excluding carboxylic acids is 1. The molecule has 1 aromatic rings. The van der Waals surface area contributed by atoms with E-state index in [0.29, 0.717) is 23.7 Å². The van der Waals surface area contributed by atoms with Gasteiger partial charge in [-0.3, -0.25) is 4.79 Å². The van der Waals surface area contributed by atoms with Crippen LogP contribution < -0.4 is 0 Å². The molecule has 0 bridgehead atoms. The minimum Gasteiger partial charge on any atom is -0.462 e. The molecule has 0 aromatic heterocycles. The Balaban J connectivity index is 1.86. The van der Waals surface area contributed by atoms with Gasteiger partial charge in [-0.1, -0.05) is 71.4 Å². The number of rotatable bonds is 7. The number of ether oxygens (including phenoxy) is 1. The average molecular weight is 345 g/mol. The van der Waals surface area contributed by atoms with Crippen molar-refractivity contribution in [3.05, 3.63) is 35.9 Å². The molecule has 0 unspecified atom stereocenters. The van der Waals surface area contributed by atoms with E-state index in [1.807, 2.05) is 13.0 Å². The lowest BCUT2D eigenvalue weighted by Crippen LogP contribution is -2.37. The Morgan fingerprint density at radius 3 is 2.44 bits per heavy atom. The van der Waals surface area contributed by atoms with E-state index >= 15 is 0 Å². The van der Waals surface area contributed by atoms with Gasteiger partial charge < -0.3 is 4.74 Å². The van der Waals surface area contributed by atoms with Crippen LogP contribution >= 0.6 is 0 Å². The fraction of sp³-hybridized carbons (Fsp3) is 0.696. The maximum absolute atomic E-state index is 12.7. The second-order valence-electron chi connectivity index (χ2n) is 8.73. The van der Waals surface area contributed by atoms with Crippen molar-refractivity contribution in [2.75, 3.05) is 0 Å². The fourth-order valence-corrected chi connectivity index (χ4v) is 4.32. The molecule has 0 N–H and O–H groups in total. The van der Waals surface area contributed by atoms with Crippen molar-refractivity contribution in [3.63, 3.8) is 0 Å². The zero-order valence-corrected chi connectivity index (χ0v) is 16.7. The van der Waals surface area contributed by atoms with Crippen molar-refractivity contribution < 1.29 is 9.53 Å².